The molecule has 0 aliphatic carbocycles. The fourth-order valence-corrected chi connectivity index (χ4v) is 6.38. The lowest BCUT2D eigenvalue weighted by molar-refractivity contribution is -0.0196. The summed E-state index contributed by atoms with van der Waals surface area (Å²) in [5.41, 5.74) is 4.59. The van der Waals surface area contributed by atoms with Crippen LogP contribution in [0.25, 0.3) is 0 Å². The van der Waals surface area contributed by atoms with Gasteiger partial charge in [-0.25, -0.2) is 9.78 Å². The monoisotopic (exact) mass is 559 g/mol. The van der Waals surface area contributed by atoms with Crippen molar-refractivity contribution in [2.24, 2.45) is 0 Å². The molecule has 0 spiro atoms. The Labute approximate surface area is 243 Å². The summed E-state index contributed by atoms with van der Waals surface area (Å²) in [5, 5.41) is 3.59. The Kier molecular flexibility index (Phi) is 7.47. The molecule has 5 heterocycles. The number of hydrogen-bond donors (Lipinski definition) is 1. The zero-order valence-electron chi connectivity index (χ0n) is 24.6. The molecule has 3 fully saturated rings. The van der Waals surface area contributed by atoms with E-state index in [0.29, 0.717) is 30.9 Å². The molecule has 1 atom stereocenters. The number of carbonyl (C=O) groups excluding carboxylic acids is 1. The normalized spacial score (nSPS) is 21.9. The number of amides is 1. The van der Waals surface area contributed by atoms with Crippen molar-refractivity contribution in [1.82, 2.24) is 14.8 Å². The molecule has 218 valence electrons. The quantitative estimate of drug-likeness (QED) is 0.533. The molecule has 1 unspecified atom stereocenters. The first kappa shape index (κ1) is 27.7. The van der Waals surface area contributed by atoms with Gasteiger partial charge in [-0.2, -0.15) is 0 Å². The molecule has 1 N–H and O–H groups in total. The molecule has 9 heteroatoms. The number of carbonyl (C=O) groups is 1. The van der Waals surface area contributed by atoms with E-state index in [-0.39, 0.29) is 12.2 Å². The molecule has 0 saturated carbocycles. The molecular weight excluding hydrogens is 518 g/mol. The Balaban J connectivity index is 1.16. The minimum atomic E-state index is -0.466. The first-order valence-corrected chi connectivity index (χ1v) is 14.8. The Morgan fingerprint density at radius 1 is 1.15 bits per heavy atom. The van der Waals surface area contributed by atoms with Crippen molar-refractivity contribution >= 4 is 23.3 Å². The van der Waals surface area contributed by atoms with Crippen molar-refractivity contribution < 1.29 is 19.0 Å². The van der Waals surface area contributed by atoms with Gasteiger partial charge in [-0.1, -0.05) is 5.92 Å². The summed E-state index contributed by atoms with van der Waals surface area (Å²) in [6.07, 6.45) is 9.55. The topological polar surface area (TPSA) is 79.4 Å². The van der Waals surface area contributed by atoms with E-state index in [2.05, 4.69) is 46.2 Å². The average molecular weight is 560 g/mol. The number of morpholine rings is 1. The number of terminal acetylenes is 1. The molecule has 2 aromatic rings. The molecule has 1 aromatic heterocycles. The summed E-state index contributed by atoms with van der Waals surface area (Å²) in [5.74, 6) is 4.82. The van der Waals surface area contributed by atoms with E-state index in [4.69, 9.17) is 25.6 Å². The first-order valence-electron chi connectivity index (χ1n) is 14.8. The Hall–Kier alpha value is -3.48. The summed E-state index contributed by atoms with van der Waals surface area (Å²) in [6.45, 7) is 14.3. The van der Waals surface area contributed by atoms with E-state index in [1.54, 1.807) is 4.90 Å². The summed E-state index contributed by atoms with van der Waals surface area (Å²) < 4.78 is 17.7. The van der Waals surface area contributed by atoms with Gasteiger partial charge in [-0.15, -0.1) is 6.42 Å². The van der Waals surface area contributed by atoms with Crippen molar-refractivity contribution in [1.29, 1.82) is 0 Å². The van der Waals surface area contributed by atoms with Gasteiger partial charge < -0.3 is 29.3 Å². The zero-order valence-corrected chi connectivity index (χ0v) is 24.6. The number of benzene rings is 1. The molecule has 0 bridgehead atoms. The van der Waals surface area contributed by atoms with E-state index < -0.39 is 5.60 Å². The van der Waals surface area contributed by atoms with Crippen LogP contribution in [0.15, 0.2) is 24.4 Å². The predicted molar refractivity (Wildman–Crippen MR) is 159 cm³/mol. The minimum absolute atomic E-state index is 0.214. The molecular formula is C32H41N5O4. The van der Waals surface area contributed by atoms with E-state index in [0.717, 1.165) is 80.4 Å². The van der Waals surface area contributed by atoms with Crippen LogP contribution < -0.4 is 15.0 Å². The summed E-state index contributed by atoms with van der Waals surface area (Å²) in [6, 6.07) is 6.80. The lowest BCUT2D eigenvalue weighted by Gasteiger charge is -2.47. The first-order chi connectivity index (χ1) is 19.7. The third-order valence-electron chi connectivity index (χ3n) is 8.57. The molecule has 4 aliphatic rings. The summed E-state index contributed by atoms with van der Waals surface area (Å²) in [7, 11) is 0. The van der Waals surface area contributed by atoms with Crippen molar-refractivity contribution in [3.8, 4) is 18.1 Å². The van der Waals surface area contributed by atoms with E-state index in [1.807, 2.05) is 27.0 Å². The lowest BCUT2D eigenvalue weighted by atomic mass is 9.87. The summed E-state index contributed by atoms with van der Waals surface area (Å²) >= 11 is 0. The molecule has 4 aliphatic heterocycles. The third-order valence-corrected chi connectivity index (χ3v) is 8.57. The number of likely N-dealkylation sites (tertiary alicyclic amines) is 2. The number of hydrogen-bond acceptors (Lipinski definition) is 8. The number of fused-ring (bicyclic) bond motifs is 2. The molecule has 9 nitrogen and oxygen atoms in total. The van der Waals surface area contributed by atoms with Crippen LogP contribution in [0.2, 0.25) is 0 Å². The standard InChI is InChI=1S/C32H41N5O4/c1-6-22-17-24(23-8-11-35(12-9-23)25-19-37(20-25)31(38)41-32(3,4)5)18-26-29(22)40-21(2)28-27(7-10-33-30(28)34-26)36-13-15-39-16-14-36/h1,7,10,17-18,21,23,25H,8-9,11-16,19-20H2,2-5H3,(H,33,34). The second kappa shape index (κ2) is 11.1. The van der Waals surface area contributed by atoms with Gasteiger partial charge in [0.1, 0.15) is 17.5 Å². The van der Waals surface area contributed by atoms with Gasteiger partial charge in [-0.3, -0.25) is 4.90 Å². The van der Waals surface area contributed by atoms with Crippen LogP contribution in [-0.4, -0.2) is 85.0 Å². The van der Waals surface area contributed by atoms with Gasteiger partial charge in [0.2, 0.25) is 0 Å². The van der Waals surface area contributed by atoms with Crippen LogP contribution in [-0.2, 0) is 9.47 Å². The Morgan fingerprint density at radius 3 is 2.56 bits per heavy atom. The number of piperidine rings is 1. The van der Waals surface area contributed by atoms with Crippen molar-refractivity contribution in [2.75, 3.05) is 62.7 Å². The van der Waals surface area contributed by atoms with Crippen LogP contribution >= 0.6 is 0 Å². The second-order valence-electron chi connectivity index (χ2n) is 12.5. The van der Waals surface area contributed by atoms with Crippen molar-refractivity contribution in [2.45, 2.75) is 64.2 Å². The highest BCUT2D eigenvalue weighted by Crippen LogP contribution is 2.45. The number of rotatable bonds is 3. The maximum absolute atomic E-state index is 12.3. The number of ether oxygens (including phenoxy) is 3. The van der Waals surface area contributed by atoms with Gasteiger partial charge >= 0.3 is 6.09 Å². The maximum atomic E-state index is 12.3. The molecule has 41 heavy (non-hydrogen) atoms. The van der Waals surface area contributed by atoms with Gasteiger partial charge in [0.05, 0.1) is 30.0 Å². The number of nitrogens with zero attached hydrogens (tertiary/aromatic N) is 4. The fourth-order valence-electron chi connectivity index (χ4n) is 6.38. The molecule has 3 saturated heterocycles. The number of nitrogens with one attached hydrogen (secondary N) is 1. The predicted octanol–water partition coefficient (Wildman–Crippen LogP) is 4.90. The lowest BCUT2D eigenvalue weighted by Crippen LogP contribution is -2.62. The highest BCUT2D eigenvalue weighted by atomic mass is 16.6. The van der Waals surface area contributed by atoms with Crippen LogP contribution in [0.4, 0.5) is 22.0 Å². The van der Waals surface area contributed by atoms with Crippen LogP contribution in [0.5, 0.6) is 5.75 Å². The van der Waals surface area contributed by atoms with E-state index in [1.165, 1.54) is 5.56 Å². The molecule has 1 amide bonds. The highest BCUT2D eigenvalue weighted by molar-refractivity contribution is 5.77. The van der Waals surface area contributed by atoms with Crippen LogP contribution in [0.3, 0.4) is 0 Å². The Morgan fingerprint density at radius 2 is 1.88 bits per heavy atom. The third kappa shape index (κ3) is 5.68. The smallest absolute Gasteiger partial charge is 0.410 e. The van der Waals surface area contributed by atoms with Gasteiger partial charge in [0.15, 0.2) is 5.75 Å². The second-order valence-corrected chi connectivity index (χ2v) is 12.5. The summed E-state index contributed by atoms with van der Waals surface area (Å²) in [4.78, 5) is 23.7. The highest BCUT2D eigenvalue weighted by Gasteiger charge is 2.38. The van der Waals surface area contributed by atoms with Crippen LogP contribution in [0.1, 0.15) is 69.2 Å². The van der Waals surface area contributed by atoms with Gasteiger partial charge in [0, 0.05) is 44.1 Å². The maximum Gasteiger partial charge on any atom is 0.410 e. The molecule has 6 rings (SSSR count). The average Bonchev–Trinajstić information content (AvgIpc) is 3.07. The largest absolute Gasteiger partial charge is 0.482 e. The van der Waals surface area contributed by atoms with E-state index >= 15 is 0 Å². The van der Waals surface area contributed by atoms with Crippen molar-refractivity contribution in [3.05, 3.63) is 41.1 Å². The van der Waals surface area contributed by atoms with E-state index in [9.17, 15) is 4.79 Å². The van der Waals surface area contributed by atoms with Crippen LogP contribution in [0, 0.1) is 12.3 Å². The molecule has 1 aromatic carbocycles. The zero-order chi connectivity index (χ0) is 28.7. The number of aromatic nitrogens is 1. The fraction of sp³-hybridized carbons (Fsp3) is 0.562. The SMILES string of the molecule is C#Cc1cc(C2CCN(C3CN(C(=O)OC(C)(C)C)C3)CC2)cc2c1OC(C)c1c(N3CCOCC3)ccnc1N2. The van der Waals surface area contributed by atoms with Crippen molar-refractivity contribution in [3.63, 3.8) is 0 Å². The number of pyridine rings is 1. The number of anilines is 3. The van der Waals surface area contributed by atoms with Gasteiger partial charge in [-0.05, 0) is 83.3 Å². The Bertz CT molecular complexity index is 1330. The molecule has 0 radical (unpaired) electrons. The van der Waals surface area contributed by atoms with Gasteiger partial charge in [0.25, 0.3) is 0 Å². The minimum Gasteiger partial charge on any atom is -0.482 e.